The van der Waals surface area contributed by atoms with Crippen LogP contribution in [0.1, 0.15) is 5.56 Å². The normalized spacial score (nSPS) is 18.4. The summed E-state index contributed by atoms with van der Waals surface area (Å²) in [6.45, 7) is 0. The van der Waals surface area contributed by atoms with E-state index in [1.54, 1.807) is 4.74 Å². The first-order chi connectivity index (χ1) is 15.9. The van der Waals surface area contributed by atoms with Crippen LogP contribution in [0, 0.1) is 0 Å². The van der Waals surface area contributed by atoms with Crippen LogP contribution in [-0.4, -0.2) is 48.4 Å². The highest BCUT2D eigenvalue weighted by Crippen LogP contribution is 2.59. The lowest BCUT2D eigenvalue weighted by Crippen LogP contribution is -2.69. The van der Waals surface area contributed by atoms with E-state index in [4.69, 9.17) is 0 Å². The lowest BCUT2D eigenvalue weighted by molar-refractivity contribution is -0.562. The second-order valence-corrected chi connectivity index (χ2v) is 7.50. The van der Waals surface area contributed by atoms with Crippen molar-refractivity contribution in [3.05, 3.63) is 34.3 Å². The van der Waals surface area contributed by atoms with Gasteiger partial charge in [-0.25, -0.2) is 0 Å². The summed E-state index contributed by atoms with van der Waals surface area (Å²) in [6, 6.07) is 0.783. The number of hydrogen-bond donors (Lipinski definition) is 0. The zero-order valence-corrected chi connectivity index (χ0v) is 17.8. The minimum atomic E-state index is -8.24. The third kappa shape index (κ3) is 5.55. The van der Waals surface area contributed by atoms with E-state index >= 15 is 0 Å². The van der Waals surface area contributed by atoms with Crippen LogP contribution < -0.4 is 0 Å². The number of benzene rings is 1. The molecule has 0 N–H and O–H groups in total. The van der Waals surface area contributed by atoms with Crippen molar-refractivity contribution >= 4 is 15.9 Å². The quantitative estimate of drug-likeness (QED) is 0.262. The molecule has 2 nitrogen and oxygen atoms in total. The van der Waals surface area contributed by atoms with Crippen LogP contribution in [0.5, 0.6) is 0 Å². The Morgan fingerprint density at radius 3 is 1.27 bits per heavy atom. The highest BCUT2D eigenvalue weighted by molar-refractivity contribution is 9.10. The molecule has 22 heteroatoms. The molecule has 0 aliphatic carbocycles. The predicted molar refractivity (Wildman–Crippen MR) is 80.9 cm³/mol. The maximum Gasteiger partial charge on any atom is 0.462 e. The van der Waals surface area contributed by atoms with E-state index in [2.05, 4.69) is 15.9 Å². The van der Waals surface area contributed by atoms with Crippen molar-refractivity contribution in [2.75, 3.05) is 0 Å². The number of halogens is 20. The third-order valence-corrected chi connectivity index (χ3v) is 4.45. The second-order valence-electron chi connectivity index (χ2n) is 6.58. The molecular formula is C15H4BrF19O2. The van der Waals surface area contributed by atoms with Crippen molar-refractivity contribution in [2.45, 2.75) is 54.3 Å². The van der Waals surface area contributed by atoms with E-state index in [-0.39, 0.29) is 12.1 Å². The van der Waals surface area contributed by atoms with Crippen molar-refractivity contribution in [3.8, 4) is 0 Å². The summed E-state index contributed by atoms with van der Waals surface area (Å²) in [4.78, 5) is 0. The molecule has 0 fully saturated rings. The summed E-state index contributed by atoms with van der Waals surface area (Å²) in [5.41, 5.74) is -2.33. The molecule has 0 heterocycles. The van der Waals surface area contributed by atoms with Crippen LogP contribution in [0.4, 0.5) is 83.4 Å². The van der Waals surface area contributed by atoms with Gasteiger partial charge in [0.2, 0.25) is 0 Å². The molecule has 0 saturated carbocycles. The van der Waals surface area contributed by atoms with Crippen molar-refractivity contribution in [2.24, 2.45) is 0 Å². The van der Waals surface area contributed by atoms with Crippen LogP contribution >= 0.6 is 15.9 Å². The molecule has 0 aliphatic heterocycles. The number of alkyl halides is 19. The summed E-state index contributed by atoms with van der Waals surface area (Å²) in [7, 11) is 0. The zero-order chi connectivity index (χ0) is 29.9. The lowest BCUT2D eigenvalue weighted by Gasteiger charge is -2.42. The Bertz CT molecular complexity index is 967. The molecule has 37 heavy (non-hydrogen) atoms. The van der Waals surface area contributed by atoms with Gasteiger partial charge in [-0.1, -0.05) is 28.1 Å². The fraction of sp³-hybridized carbons (Fsp3) is 0.600. The van der Waals surface area contributed by atoms with E-state index in [1.807, 2.05) is 0 Å². The largest absolute Gasteiger partial charge is 0.462 e. The van der Waals surface area contributed by atoms with Crippen LogP contribution in [0.3, 0.4) is 0 Å². The number of ether oxygens (including phenoxy) is 2. The van der Waals surface area contributed by atoms with Gasteiger partial charge in [0.1, 0.15) is 0 Å². The van der Waals surface area contributed by atoms with E-state index in [1.165, 1.54) is 4.74 Å². The molecule has 0 spiro atoms. The Hall–Kier alpha value is -1.71. The van der Waals surface area contributed by atoms with Gasteiger partial charge in [-0.15, -0.1) is 0 Å². The highest BCUT2D eigenvalue weighted by Gasteiger charge is 2.87. The van der Waals surface area contributed by atoms with Crippen molar-refractivity contribution < 1.29 is 92.9 Å². The Labute approximate surface area is 198 Å². The monoisotopic (exact) mass is 656 g/mol. The fourth-order valence-electron chi connectivity index (χ4n) is 2.10. The molecule has 1 aromatic carbocycles. The molecule has 1 rings (SSSR count). The molecule has 0 aromatic heterocycles. The molecule has 0 saturated heterocycles. The smallest absolute Gasteiger partial charge is 0.264 e. The summed E-state index contributed by atoms with van der Waals surface area (Å²) in [5, 5.41) is 0. The molecule has 2 atom stereocenters. The minimum Gasteiger partial charge on any atom is -0.264 e. The standard InChI is InChI=1S/C15H4BrF19O2/c16-6-3-1-2-5(4-6)7(17,18)9(21,12(26,27)28)36-15(34,35)10(22,13(29,30)31)37-14(32,33)8(19,20)11(23,24)25/h1-4H. The molecule has 2 unspecified atom stereocenters. The second kappa shape index (κ2) is 9.19. The summed E-state index contributed by atoms with van der Waals surface area (Å²) >= 11 is 2.36. The first-order valence-electron chi connectivity index (χ1n) is 8.17. The maximum atomic E-state index is 14.5. The fourth-order valence-corrected chi connectivity index (χ4v) is 2.50. The van der Waals surface area contributed by atoms with Gasteiger partial charge in [0.15, 0.2) is 0 Å². The molecule has 0 amide bonds. The van der Waals surface area contributed by atoms with Crippen LogP contribution in [0.15, 0.2) is 28.7 Å². The summed E-state index contributed by atoms with van der Waals surface area (Å²) < 4.78 is 253. The Morgan fingerprint density at radius 2 is 0.919 bits per heavy atom. The molecule has 0 bridgehead atoms. The highest BCUT2D eigenvalue weighted by atomic mass is 79.9. The predicted octanol–water partition coefficient (Wildman–Crippen LogP) is 8.41. The lowest BCUT2D eigenvalue weighted by atomic mass is 10.00. The zero-order valence-electron chi connectivity index (χ0n) is 16.2. The summed E-state index contributed by atoms with van der Waals surface area (Å²) in [6.07, 6.45) is -39.6. The topological polar surface area (TPSA) is 18.5 Å². The molecule has 1 aromatic rings. The van der Waals surface area contributed by atoms with Gasteiger partial charge in [0.25, 0.3) is 0 Å². The maximum absolute atomic E-state index is 14.5. The average molecular weight is 657 g/mol. The summed E-state index contributed by atoms with van der Waals surface area (Å²) in [5.74, 6) is -30.3. The molecule has 0 aliphatic rings. The number of rotatable bonds is 8. The van der Waals surface area contributed by atoms with Crippen molar-refractivity contribution in [1.29, 1.82) is 0 Å². The van der Waals surface area contributed by atoms with Gasteiger partial charge >= 0.3 is 54.3 Å². The molecule has 216 valence electrons. The van der Waals surface area contributed by atoms with E-state index < -0.39 is 64.3 Å². The van der Waals surface area contributed by atoms with Gasteiger partial charge in [-0.2, -0.15) is 83.4 Å². The number of hydrogen-bond acceptors (Lipinski definition) is 2. The Balaban J connectivity index is 3.82. The van der Waals surface area contributed by atoms with Crippen molar-refractivity contribution in [3.63, 3.8) is 0 Å². The van der Waals surface area contributed by atoms with Gasteiger partial charge < -0.3 is 0 Å². The first-order valence-corrected chi connectivity index (χ1v) is 8.96. The van der Waals surface area contributed by atoms with Crippen LogP contribution in [0.2, 0.25) is 0 Å². The van der Waals surface area contributed by atoms with Gasteiger partial charge in [-0.05, 0) is 12.1 Å². The molecular weight excluding hydrogens is 653 g/mol. The van der Waals surface area contributed by atoms with Crippen LogP contribution in [-0.2, 0) is 15.4 Å². The first kappa shape index (κ1) is 33.3. The Kier molecular flexibility index (Phi) is 8.28. The third-order valence-electron chi connectivity index (χ3n) is 3.95. The van der Waals surface area contributed by atoms with Gasteiger partial charge in [-0.3, -0.25) is 9.47 Å². The SMILES string of the molecule is FC(F)(F)C(F)(F)C(F)(F)OC(F)(C(F)(F)F)C(F)(F)OC(F)(C(F)(F)F)C(F)(F)c1cccc(Br)c1. The van der Waals surface area contributed by atoms with E-state index in [0.29, 0.717) is 6.07 Å². The molecule has 0 radical (unpaired) electrons. The van der Waals surface area contributed by atoms with Gasteiger partial charge in [0.05, 0.1) is 0 Å². The minimum absolute atomic E-state index is 0.164. The van der Waals surface area contributed by atoms with Crippen LogP contribution in [0.25, 0.3) is 0 Å². The Morgan fingerprint density at radius 1 is 0.514 bits per heavy atom. The van der Waals surface area contributed by atoms with E-state index in [0.717, 1.165) is 6.07 Å². The van der Waals surface area contributed by atoms with E-state index in [9.17, 15) is 83.4 Å². The average Bonchev–Trinajstić information content (AvgIpc) is 2.64. The van der Waals surface area contributed by atoms with Crippen molar-refractivity contribution in [1.82, 2.24) is 0 Å². The van der Waals surface area contributed by atoms with Gasteiger partial charge in [0, 0.05) is 10.0 Å².